The Morgan fingerprint density at radius 2 is 1.24 bits per heavy atom. The van der Waals surface area contributed by atoms with E-state index >= 15 is 0 Å². The van der Waals surface area contributed by atoms with E-state index in [1.807, 2.05) is 0 Å². The van der Waals surface area contributed by atoms with Gasteiger partial charge < -0.3 is 20.4 Å². The van der Waals surface area contributed by atoms with E-state index in [0.29, 0.717) is 5.75 Å². The largest absolute Gasteiger partial charge is 0.508 e. The van der Waals surface area contributed by atoms with Gasteiger partial charge in [0.1, 0.15) is 16.9 Å². The molecule has 4 N–H and O–H groups in total. The number of hydrogen-bond donors (Lipinski definition) is 4. The van der Waals surface area contributed by atoms with E-state index in [4.69, 9.17) is 0 Å². The Morgan fingerprint density at radius 3 is 1.76 bits per heavy atom. The Hall–Kier alpha value is -1.34. The number of phenolic OH excluding ortho intramolecular Hbond substituents is 2. The molecule has 2 aromatic carbocycles. The van der Waals surface area contributed by atoms with Gasteiger partial charge in [0.2, 0.25) is 0 Å². The normalized spacial score (nSPS) is 13.8. The molecule has 0 radical (unpaired) electrons. The van der Waals surface area contributed by atoms with Crippen molar-refractivity contribution in [1.82, 2.24) is 0 Å². The summed E-state index contributed by atoms with van der Waals surface area (Å²) in [6.45, 7) is 0. The van der Waals surface area contributed by atoms with Crippen molar-refractivity contribution in [1.29, 1.82) is 0 Å². The highest BCUT2D eigenvalue weighted by Gasteiger charge is 2.17. The van der Waals surface area contributed by atoms with E-state index in [-0.39, 0.29) is 11.5 Å². The Kier molecular flexibility index (Phi) is 5.81. The van der Waals surface area contributed by atoms with E-state index in [1.54, 1.807) is 36.4 Å². The molecule has 112 valence electrons. The van der Waals surface area contributed by atoms with E-state index in [2.05, 4.69) is 0 Å². The molecule has 0 fully saturated rings. The van der Waals surface area contributed by atoms with Crippen LogP contribution in [0.3, 0.4) is 0 Å². The summed E-state index contributed by atoms with van der Waals surface area (Å²) in [5.41, 5.74) is -0.945. The quantitative estimate of drug-likeness (QED) is 0.483. The smallest absolute Gasteiger partial charge is 0.130 e. The summed E-state index contributed by atoms with van der Waals surface area (Å²) in [6, 6.07) is 13.1. The number of thioether (sulfide) groups is 2. The summed E-state index contributed by atoms with van der Waals surface area (Å²) >= 11 is 2.54. The van der Waals surface area contributed by atoms with Crippen LogP contribution in [0.5, 0.6) is 11.5 Å². The van der Waals surface area contributed by atoms with Crippen LogP contribution in [-0.4, -0.2) is 37.7 Å². The SMILES string of the molecule is Oc1ccc(SCC(O)C(O)Sc2ccc(O)cc2)cc1. The van der Waals surface area contributed by atoms with Gasteiger partial charge in [0.05, 0.1) is 6.10 Å². The van der Waals surface area contributed by atoms with Crippen molar-refractivity contribution in [3.8, 4) is 11.5 Å². The Bertz CT molecular complexity index is 557. The van der Waals surface area contributed by atoms with Crippen molar-refractivity contribution in [3.63, 3.8) is 0 Å². The molecule has 6 heteroatoms. The number of hydrogen-bond acceptors (Lipinski definition) is 6. The minimum Gasteiger partial charge on any atom is -0.508 e. The fraction of sp³-hybridized carbons (Fsp3) is 0.200. The molecule has 0 aliphatic rings. The number of rotatable bonds is 6. The first kappa shape index (κ1) is 16.0. The molecule has 2 rings (SSSR count). The molecule has 0 aromatic heterocycles. The summed E-state index contributed by atoms with van der Waals surface area (Å²) < 4.78 is 0. The van der Waals surface area contributed by atoms with Crippen LogP contribution >= 0.6 is 23.5 Å². The minimum absolute atomic E-state index is 0.164. The lowest BCUT2D eigenvalue weighted by Crippen LogP contribution is -2.24. The standard InChI is InChI=1S/C15H16O4S2/c16-10-1-5-12(6-2-10)20-9-14(18)15(19)21-13-7-3-11(17)4-8-13/h1-8,14-19H,9H2. The fourth-order valence-corrected chi connectivity index (χ4v) is 3.37. The van der Waals surface area contributed by atoms with E-state index in [9.17, 15) is 20.4 Å². The highest BCUT2D eigenvalue weighted by Crippen LogP contribution is 2.28. The Balaban J connectivity index is 1.83. The average molecular weight is 324 g/mol. The molecule has 2 unspecified atom stereocenters. The Labute approximate surface area is 131 Å². The molecular formula is C15H16O4S2. The van der Waals surface area contributed by atoms with Crippen LogP contribution in [0.25, 0.3) is 0 Å². The first-order valence-corrected chi connectivity index (χ1v) is 8.15. The molecule has 0 saturated carbocycles. The summed E-state index contributed by atoms with van der Waals surface area (Å²) in [6.07, 6.45) is -0.886. The van der Waals surface area contributed by atoms with Crippen LogP contribution in [0.2, 0.25) is 0 Å². The lowest BCUT2D eigenvalue weighted by molar-refractivity contribution is 0.0907. The molecule has 0 heterocycles. The highest BCUT2D eigenvalue weighted by atomic mass is 32.2. The van der Waals surface area contributed by atoms with Gasteiger partial charge >= 0.3 is 0 Å². The zero-order valence-electron chi connectivity index (χ0n) is 11.1. The van der Waals surface area contributed by atoms with Gasteiger partial charge in [-0.2, -0.15) is 0 Å². The molecule has 2 aromatic rings. The third-order valence-corrected chi connectivity index (χ3v) is 4.89. The molecule has 21 heavy (non-hydrogen) atoms. The van der Waals surface area contributed by atoms with Crippen LogP contribution in [0.15, 0.2) is 58.3 Å². The second-order valence-electron chi connectivity index (χ2n) is 4.37. The Morgan fingerprint density at radius 1 is 0.762 bits per heavy atom. The molecule has 0 aliphatic heterocycles. The number of aromatic hydroxyl groups is 2. The van der Waals surface area contributed by atoms with Crippen molar-refractivity contribution < 1.29 is 20.4 Å². The maximum absolute atomic E-state index is 9.96. The molecule has 0 amide bonds. The van der Waals surface area contributed by atoms with Crippen LogP contribution in [0, 0.1) is 0 Å². The second-order valence-corrected chi connectivity index (χ2v) is 6.66. The molecule has 4 nitrogen and oxygen atoms in total. The predicted octanol–water partition coefficient (Wildman–Crippen LogP) is 2.66. The number of benzene rings is 2. The van der Waals surface area contributed by atoms with Gasteiger partial charge in [0, 0.05) is 15.5 Å². The first-order valence-electron chi connectivity index (χ1n) is 6.28. The van der Waals surface area contributed by atoms with Gasteiger partial charge in [-0.3, -0.25) is 0 Å². The van der Waals surface area contributed by atoms with Crippen LogP contribution in [0.1, 0.15) is 0 Å². The predicted molar refractivity (Wildman–Crippen MR) is 84.8 cm³/mol. The minimum atomic E-state index is -0.945. The third-order valence-electron chi connectivity index (χ3n) is 2.68. The van der Waals surface area contributed by atoms with Crippen LogP contribution < -0.4 is 0 Å². The van der Waals surface area contributed by atoms with E-state index in [0.717, 1.165) is 21.6 Å². The van der Waals surface area contributed by atoms with Crippen LogP contribution in [0.4, 0.5) is 0 Å². The number of phenols is 2. The van der Waals surface area contributed by atoms with Crippen molar-refractivity contribution in [2.75, 3.05) is 5.75 Å². The second kappa shape index (κ2) is 7.61. The van der Waals surface area contributed by atoms with E-state index < -0.39 is 11.5 Å². The molecule has 0 bridgehead atoms. The summed E-state index contributed by atoms with van der Waals surface area (Å²) in [7, 11) is 0. The lowest BCUT2D eigenvalue weighted by Gasteiger charge is -2.17. The molecule has 2 atom stereocenters. The highest BCUT2D eigenvalue weighted by molar-refractivity contribution is 8.00. The van der Waals surface area contributed by atoms with Crippen molar-refractivity contribution in [2.24, 2.45) is 0 Å². The van der Waals surface area contributed by atoms with Crippen molar-refractivity contribution in [3.05, 3.63) is 48.5 Å². The summed E-state index contributed by atoms with van der Waals surface area (Å²) in [5.74, 6) is 0.705. The van der Waals surface area contributed by atoms with Gasteiger partial charge in [-0.15, -0.1) is 11.8 Å². The maximum Gasteiger partial charge on any atom is 0.130 e. The van der Waals surface area contributed by atoms with Crippen molar-refractivity contribution >= 4 is 23.5 Å². The molecular weight excluding hydrogens is 308 g/mol. The monoisotopic (exact) mass is 324 g/mol. The average Bonchev–Trinajstić information content (AvgIpc) is 2.48. The third kappa shape index (κ3) is 5.17. The van der Waals surface area contributed by atoms with Crippen LogP contribution in [-0.2, 0) is 0 Å². The first-order chi connectivity index (χ1) is 10.0. The topological polar surface area (TPSA) is 80.9 Å². The van der Waals surface area contributed by atoms with Gasteiger partial charge in [0.25, 0.3) is 0 Å². The number of aliphatic hydroxyl groups is 2. The molecule has 0 saturated heterocycles. The zero-order valence-corrected chi connectivity index (χ0v) is 12.7. The lowest BCUT2D eigenvalue weighted by atomic mass is 10.3. The fourth-order valence-electron chi connectivity index (χ4n) is 1.55. The van der Waals surface area contributed by atoms with Crippen molar-refractivity contribution in [2.45, 2.75) is 21.3 Å². The van der Waals surface area contributed by atoms with Gasteiger partial charge in [-0.1, -0.05) is 11.8 Å². The van der Waals surface area contributed by atoms with E-state index in [1.165, 1.54) is 23.9 Å². The maximum atomic E-state index is 9.96. The number of aliphatic hydroxyl groups excluding tert-OH is 2. The molecule has 0 aliphatic carbocycles. The zero-order chi connectivity index (χ0) is 15.2. The molecule has 0 spiro atoms. The van der Waals surface area contributed by atoms with Gasteiger partial charge in [0.15, 0.2) is 0 Å². The van der Waals surface area contributed by atoms with Gasteiger partial charge in [-0.05, 0) is 48.5 Å². The van der Waals surface area contributed by atoms with Gasteiger partial charge in [-0.25, -0.2) is 0 Å². The summed E-state index contributed by atoms with van der Waals surface area (Å²) in [4.78, 5) is 1.68. The summed E-state index contributed by atoms with van der Waals surface area (Å²) in [5, 5.41) is 38.3.